The molecule has 0 aliphatic carbocycles. The summed E-state index contributed by atoms with van der Waals surface area (Å²) < 4.78 is 36.7. The number of hydrogen-bond donors (Lipinski definition) is 0. The first-order valence-electron chi connectivity index (χ1n) is 20.3. The molecule has 12 aromatic carbocycles. The average Bonchev–Trinajstić information content (AvgIpc) is 3.62. The van der Waals surface area contributed by atoms with E-state index in [1.165, 1.54) is 16.2 Å². The monoisotopic (exact) mass is 697 g/mol. The zero-order valence-electron chi connectivity index (χ0n) is 32.5. The standard InChI is InChI=1S/C54H30O/c1-2-7-37-30-50-48(26-36(37)6-1)47-28-39(21-25-49(47)55-50)42-23-20-38(41-22-18-35-17-15-31-8-3-9-33-19-24-44(41)54(35)51(31)33)27-45(42)46-29-40-12-4-10-32-14-16-34-11-5-13-43(46)53(34)52(32)40/h1-30H/i20D,23D,27D. The molecular weight excluding hydrogens is 665 g/mol. The van der Waals surface area contributed by atoms with Crippen molar-refractivity contribution >= 4 is 97.3 Å². The van der Waals surface area contributed by atoms with Gasteiger partial charge in [-0.05, 0) is 145 Å². The van der Waals surface area contributed by atoms with Crippen molar-refractivity contribution in [2.75, 3.05) is 0 Å². The Hall–Kier alpha value is -7.22. The van der Waals surface area contributed by atoms with Crippen molar-refractivity contribution in [2.45, 2.75) is 0 Å². The number of rotatable bonds is 3. The highest BCUT2D eigenvalue weighted by atomic mass is 16.3. The summed E-state index contributed by atoms with van der Waals surface area (Å²) in [6, 6.07) is 57.5. The van der Waals surface area contributed by atoms with E-state index >= 15 is 0 Å². The quantitative estimate of drug-likeness (QED) is 0.168. The zero-order chi connectivity index (χ0) is 38.4. The van der Waals surface area contributed by atoms with Crippen LogP contribution in [0.1, 0.15) is 4.11 Å². The Balaban J connectivity index is 1.17. The molecular formula is C54H30O. The molecule has 1 heteroatoms. The second kappa shape index (κ2) is 10.7. The number of benzene rings is 12. The van der Waals surface area contributed by atoms with Gasteiger partial charge in [-0.2, -0.15) is 0 Å². The Labute approximate surface area is 320 Å². The third-order valence-electron chi connectivity index (χ3n) is 12.0. The molecule has 55 heavy (non-hydrogen) atoms. The predicted molar refractivity (Wildman–Crippen MR) is 235 cm³/mol. The van der Waals surface area contributed by atoms with Gasteiger partial charge in [0.05, 0.1) is 4.11 Å². The smallest absolute Gasteiger partial charge is 0.136 e. The Kier molecular flexibility index (Phi) is 5.15. The van der Waals surface area contributed by atoms with Crippen LogP contribution < -0.4 is 0 Å². The second-order valence-corrected chi connectivity index (χ2v) is 15.0. The van der Waals surface area contributed by atoms with Crippen molar-refractivity contribution in [3.63, 3.8) is 0 Å². The SMILES string of the molecule is [2H]c1c([2H])c(-c2ccc3oc4cc5ccccc5cc4c3c2)c(-c2cc3cccc4ccc5cccc2c5c43)c([2H])c1-c1ccc2ccc3cccc4ccc1c2c34. The van der Waals surface area contributed by atoms with Crippen LogP contribution in [0.15, 0.2) is 186 Å². The van der Waals surface area contributed by atoms with Gasteiger partial charge in [0.25, 0.3) is 0 Å². The third kappa shape index (κ3) is 4.07. The second-order valence-electron chi connectivity index (χ2n) is 15.0. The van der Waals surface area contributed by atoms with E-state index in [2.05, 4.69) is 140 Å². The fourth-order valence-electron chi connectivity index (χ4n) is 9.50. The van der Waals surface area contributed by atoms with Crippen LogP contribution in [0, 0.1) is 0 Å². The summed E-state index contributed by atoms with van der Waals surface area (Å²) in [5, 5.41) is 17.6. The topological polar surface area (TPSA) is 13.1 Å². The molecule has 13 rings (SSSR count). The van der Waals surface area contributed by atoms with Crippen molar-refractivity contribution in [3.05, 3.63) is 182 Å². The molecule has 0 saturated carbocycles. The van der Waals surface area contributed by atoms with E-state index in [0.717, 1.165) is 97.9 Å². The van der Waals surface area contributed by atoms with Crippen LogP contribution in [-0.2, 0) is 0 Å². The maximum absolute atomic E-state index is 10.4. The molecule has 0 bridgehead atoms. The summed E-state index contributed by atoms with van der Waals surface area (Å²) in [6.45, 7) is 0. The minimum atomic E-state index is 0.0408. The van der Waals surface area contributed by atoms with Crippen LogP contribution in [-0.4, -0.2) is 0 Å². The van der Waals surface area contributed by atoms with Gasteiger partial charge in [0.1, 0.15) is 11.2 Å². The molecule has 0 unspecified atom stereocenters. The first kappa shape index (κ1) is 26.5. The molecule has 1 nitrogen and oxygen atoms in total. The van der Waals surface area contributed by atoms with Gasteiger partial charge in [0.15, 0.2) is 0 Å². The van der Waals surface area contributed by atoms with E-state index in [1.54, 1.807) is 0 Å². The van der Waals surface area contributed by atoms with Gasteiger partial charge in [-0.25, -0.2) is 0 Å². The fraction of sp³-hybridized carbons (Fsp3) is 0. The van der Waals surface area contributed by atoms with Crippen LogP contribution in [0.25, 0.3) is 131 Å². The molecule has 1 aromatic heterocycles. The highest BCUT2D eigenvalue weighted by Gasteiger charge is 2.20. The number of fused-ring (bicyclic) bond motifs is 4. The maximum atomic E-state index is 10.4. The van der Waals surface area contributed by atoms with E-state index in [9.17, 15) is 4.11 Å². The summed E-state index contributed by atoms with van der Waals surface area (Å²) in [5.74, 6) is 0. The van der Waals surface area contributed by atoms with Crippen LogP contribution >= 0.6 is 0 Å². The van der Waals surface area contributed by atoms with Gasteiger partial charge >= 0.3 is 0 Å². The van der Waals surface area contributed by atoms with Crippen LogP contribution in [0.2, 0.25) is 0 Å². The van der Waals surface area contributed by atoms with Gasteiger partial charge < -0.3 is 4.42 Å². The molecule has 13 aromatic rings. The van der Waals surface area contributed by atoms with Crippen LogP contribution in [0.3, 0.4) is 0 Å². The summed E-state index contributed by atoms with van der Waals surface area (Å²) >= 11 is 0. The molecule has 0 aliphatic rings. The Morgan fingerprint density at radius 2 is 0.891 bits per heavy atom. The van der Waals surface area contributed by atoms with E-state index in [-0.39, 0.29) is 18.1 Å². The first-order chi connectivity index (χ1) is 28.5. The van der Waals surface area contributed by atoms with Gasteiger partial charge in [0.2, 0.25) is 0 Å². The Morgan fingerprint density at radius 3 is 1.67 bits per heavy atom. The highest BCUT2D eigenvalue weighted by Crippen LogP contribution is 2.47. The normalized spacial score (nSPS) is 13.1. The van der Waals surface area contributed by atoms with Crippen molar-refractivity contribution in [2.24, 2.45) is 0 Å². The summed E-state index contributed by atoms with van der Waals surface area (Å²) in [7, 11) is 0. The van der Waals surface area contributed by atoms with Crippen molar-refractivity contribution in [1.82, 2.24) is 0 Å². The number of furan rings is 1. The Bertz CT molecular complexity index is 3880. The fourth-order valence-corrected chi connectivity index (χ4v) is 9.50. The van der Waals surface area contributed by atoms with E-state index in [1.807, 2.05) is 24.3 Å². The molecule has 0 spiro atoms. The molecule has 252 valence electrons. The lowest BCUT2D eigenvalue weighted by atomic mass is 9.84. The summed E-state index contributed by atoms with van der Waals surface area (Å²) in [6.07, 6.45) is 0. The maximum Gasteiger partial charge on any atom is 0.136 e. The van der Waals surface area contributed by atoms with Gasteiger partial charge in [-0.3, -0.25) is 0 Å². The zero-order valence-corrected chi connectivity index (χ0v) is 29.5. The lowest BCUT2D eigenvalue weighted by Gasteiger charge is -2.19. The highest BCUT2D eigenvalue weighted by molar-refractivity contribution is 6.28. The largest absolute Gasteiger partial charge is 0.456 e. The minimum absolute atomic E-state index is 0.0408. The van der Waals surface area contributed by atoms with Crippen molar-refractivity contribution in [3.8, 4) is 33.4 Å². The molecule has 0 saturated heterocycles. The lowest BCUT2D eigenvalue weighted by Crippen LogP contribution is -1.92. The van der Waals surface area contributed by atoms with Crippen molar-refractivity contribution in [1.29, 1.82) is 0 Å². The predicted octanol–water partition coefficient (Wildman–Crippen LogP) is 15.5. The number of hydrogen-bond acceptors (Lipinski definition) is 1. The van der Waals surface area contributed by atoms with Gasteiger partial charge in [-0.15, -0.1) is 0 Å². The van der Waals surface area contributed by atoms with Crippen LogP contribution in [0.5, 0.6) is 0 Å². The lowest BCUT2D eigenvalue weighted by molar-refractivity contribution is 0.669. The van der Waals surface area contributed by atoms with E-state index < -0.39 is 0 Å². The van der Waals surface area contributed by atoms with Gasteiger partial charge in [0, 0.05) is 10.8 Å². The van der Waals surface area contributed by atoms with E-state index in [4.69, 9.17) is 4.42 Å². The third-order valence-corrected chi connectivity index (χ3v) is 12.0. The van der Waals surface area contributed by atoms with Gasteiger partial charge in [-0.1, -0.05) is 146 Å². The molecule has 0 atom stereocenters. The molecule has 0 radical (unpaired) electrons. The summed E-state index contributed by atoms with van der Waals surface area (Å²) in [4.78, 5) is 0. The minimum Gasteiger partial charge on any atom is -0.456 e. The molecule has 0 N–H and O–H groups in total. The van der Waals surface area contributed by atoms with Crippen molar-refractivity contribution < 1.29 is 8.53 Å². The van der Waals surface area contributed by atoms with Crippen LogP contribution in [0.4, 0.5) is 0 Å². The summed E-state index contributed by atoms with van der Waals surface area (Å²) in [5.41, 5.74) is 5.70. The first-order valence-corrected chi connectivity index (χ1v) is 18.8. The molecule has 0 fully saturated rings. The molecule has 0 amide bonds. The van der Waals surface area contributed by atoms with E-state index in [0.29, 0.717) is 16.7 Å². The Morgan fingerprint density at radius 1 is 0.309 bits per heavy atom. The molecule has 0 aliphatic heterocycles. The average molecular weight is 698 g/mol. The molecule has 1 heterocycles.